The van der Waals surface area contributed by atoms with Gasteiger partial charge in [0.1, 0.15) is 0 Å². The summed E-state index contributed by atoms with van der Waals surface area (Å²) in [5.41, 5.74) is 5.54. The van der Waals surface area contributed by atoms with Gasteiger partial charge in [-0.25, -0.2) is 4.98 Å². The van der Waals surface area contributed by atoms with Gasteiger partial charge in [-0.15, -0.1) is 0 Å². The summed E-state index contributed by atoms with van der Waals surface area (Å²) in [6.45, 7) is 2.68. The van der Waals surface area contributed by atoms with Gasteiger partial charge in [-0.2, -0.15) is 0 Å². The summed E-state index contributed by atoms with van der Waals surface area (Å²) in [5, 5.41) is 1.60. The zero-order valence-corrected chi connectivity index (χ0v) is 16.7. The molecule has 0 aliphatic carbocycles. The van der Waals surface area contributed by atoms with Gasteiger partial charge < -0.3 is 4.90 Å². The van der Waals surface area contributed by atoms with Gasteiger partial charge in [0.2, 0.25) is 0 Å². The Balaban J connectivity index is 1.67. The van der Waals surface area contributed by atoms with Crippen molar-refractivity contribution in [3.05, 3.63) is 101 Å². The highest BCUT2D eigenvalue weighted by Crippen LogP contribution is 2.37. The molecule has 4 heteroatoms. The summed E-state index contributed by atoms with van der Waals surface area (Å²) in [5.74, 6) is 0.0679. The largest absolute Gasteiger partial charge is 0.327 e. The fraction of sp³-hybridized carbons (Fsp3) is 0.120. The van der Waals surface area contributed by atoms with Crippen molar-refractivity contribution in [2.45, 2.75) is 19.5 Å². The topological polar surface area (TPSA) is 33.2 Å². The van der Waals surface area contributed by atoms with Crippen LogP contribution in [-0.4, -0.2) is 15.8 Å². The number of halogens is 1. The maximum Gasteiger partial charge on any atom is 0.255 e. The first-order chi connectivity index (χ1) is 14.1. The zero-order valence-electron chi connectivity index (χ0n) is 16.0. The van der Waals surface area contributed by atoms with Crippen LogP contribution in [-0.2, 0) is 6.54 Å². The van der Waals surface area contributed by atoms with Crippen molar-refractivity contribution in [3.8, 4) is 11.3 Å². The smallest absolute Gasteiger partial charge is 0.255 e. The minimum Gasteiger partial charge on any atom is -0.327 e. The minimum absolute atomic E-state index is 0.0679. The molecular formula is C25H19ClN2O. The maximum atomic E-state index is 13.1. The van der Waals surface area contributed by atoms with Crippen molar-refractivity contribution in [3.63, 3.8) is 0 Å². The fourth-order valence-electron chi connectivity index (χ4n) is 4.08. The first-order valence-electron chi connectivity index (χ1n) is 9.67. The number of nitrogens with zero attached hydrogens (tertiary/aromatic N) is 2. The highest BCUT2D eigenvalue weighted by Gasteiger charge is 2.32. The Morgan fingerprint density at radius 2 is 1.72 bits per heavy atom. The van der Waals surface area contributed by atoms with E-state index in [4.69, 9.17) is 16.6 Å². The highest BCUT2D eigenvalue weighted by molar-refractivity contribution is 6.35. The van der Waals surface area contributed by atoms with Crippen molar-refractivity contribution in [2.24, 2.45) is 0 Å². The molecule has 0 saturated heterocycles. The quantitative estimate of drug-likeness (QED) is 0.407. The van der Waals surface area contributed by atoms with Crippen LogP contribution in [0.1, 0.15) is 34.5 Å². The average molecular weight is 399 g/mol. The van der Waals surface area contributed by atoms with Crippen molar-refractivity contribution in [1.82, 2.24) is 9.88 Å². The van der Waals surface area contributed by atoms with Crippen LogP contribution in [0, 0.1) is 0 Å². The maximum absolute atomic E-state index is 13.1. The zero-order chi connectivity index (χ0) is 20.0. The summed E-state index contributed by atoms with van der Waals surface area (Å²) in [6, 6.07) is 25.7. The SMILES string of the molecule is CC(c1cc2cccc(Cl)c2nc1-c1ccccc1)N1Cc2ccccc2C1=O. The Morgan fingerprint density at radius 1 is 0.966 bits per heavy atom. The third-order valence-electron chi connectivity index (χ3n) is 5.64. The Morgan fingerprint density at radius 3 is 2.52 bits per heavy atom. The number of carbonyl (C=O) groups is 1. The van der Waals surface area contributed by atoms with Crippen LogP contribution in [0.4, 0.5) is 0 Å². The Kier molecular flexibility index (Phi) is 4.33. The van der Waals surface area contributed by atoms with E-state index in [0.29, 0.717) is 11.6 Å². The summed E-state index contributed by atoms with van der Waals surface area (Å²) < 4.78 is 0. The highest BCUT2D eigenvalue weighted by atomic mass is 35.5. The van der Waals surface area contributed by atoms with Gasteiger partial charge >= 0.3 is 0 Å². The van der Waals surface area contributed by atoms with E-state index in [1.54, 1.807) is 0 Å². The molecule has 2 heterocycles. The monoisotopic (exact) mass is 398 g/mol. The van der Waals surface area contributed by atoms with E-state index in [-0.39, 0.29) is 11.9 Å². The number of pyridine rings is 1. The van der Waals surface area contributed by atoms with Crippen molar-refractivity contribution < 1.29 is 4.79 Å². The van der Waals surface area contributed by atoms with Crippen LogP contribution in [0.15, 0.2) is 78.9 Å². The van der Waals surface area contributed by atoms with E-state index in [9.17, 15) is 4.79 Å². The average Bonchev–Trinajstić information content (AvgIpc) is 3.10. The summed E-state index contributed by atoms with van der Waals surface area (Å²) in [7, 11) is 0. The molecule has 0 fully saturated rings. The number of rotatable bonds is 3. The Bertz CT molecular complexity index is 1240. The molecule has 1 atom stereocenters. The molecule has 0 N–H and O–H groups in total. The van der Waals surface area contributed by atoms with Crippen LogP contribution in [0.25, 0.3) is 22.2 Å². The molecule has 1 unspecified atom stereocenters. The number of hydrogen-bond donors (Lipinski definition) is 0. The van der Waals surface area contributed by atoms with Gasteiger partial charge in [0.25, 0.3) is 5.91 Å². The van der Waals surface area contributed by atoms with E-state index in [0.717, 1.165) is 38.9 Å². The molecule has 29 heavy (non-hydrogen) atoms. The number of para-hydroxylation sites is 1. The number of carbonyl (C=O) groups excluding carboxylic acids is 1. The molecule has 3 nitrogen and oxygen atoms in total. The van der Waals surface area contributed by atoms with Crippen molar-refractivity contribution in [1.29, 1.82) is 0 Å². The molecule has 1 aliphatic rings. The summed E-state index contributed by atoms with van der Waals surface area (Å²) in [4.78, 5) is 19.9. The van der Waals surface area contributed by atoms with Crippen LogP contribution in [0.3, 0.4) is 0 Å². The van der Waals surface area contributed by atoms with E-state index in [1.165, 1.54) is 0 Å². The second kappa shape index (κ2) is 7.02. The number of fused-ring (bicyclic) bond motifs is 2. The second-order valence-electron chi connectivity index (χ2n) is 7.37. The van der Waals surface area contributed by atoms with Gasteiger partial charge in [-0.3, -0.25) is 4.79 Å². The first kappa shape index (κ1) is 17.9. The molecule has 0 saturated carbocycles. The molecule has 1 aromatic heterocycles. The van der Waals surface area contributed by atoms with E-state index in [1.807, 2.05) is 77.7 Å². The van der Waals surface area contributed by atoms with Crippen LogP contribution >= 0.6 is 11.6 Å². The standard InChI is InChI=1S/C25H19ClN2O/c1-16(28-15-19-10-5-6-12-20(19)25(28)29)21-14-18-11-7-13-22(26)24(18)27-23(21)17-8-3-2-4-9-17/h2-14,16H,15H2,1H3. The fourth-order valence-corrected chi connectivity index (χ4v) is 4.31. The summed E-state index contributed by atoms with van der Waals surface area (Å²) in [6.07, 6.45) is 0. The third kappa shape index (κ3) is 2.99. The van der Waals surface area contributed by atoms with Crippen LogP contribution in [0.2, 0.25) is 5.02 Å². The van der Waals surface area contributed by atoms with E-state index >= 15 is 0 Å². The lowest BCUT2D eigenvalue weighted by Crippen LogP contribution is -2.27. The third-order valence-corrected chi connectivity index (χ3v) is 5.95. The molecule has 0 radical (unpaired) electrons. The molecule has 1 amide bonds. The normalized spacial score (nSPS) is 14.3. The lowest BCUT2D eigenvalue weighted by Gasteiger charge is -2.27. The van der Waals surface area contributed by atoms with E-state index in [2.05, 4.69) is 13.0 Å². The molecule has 3 aromatic carbocycles. The number of benzene rings is 3. The lowest BCUT2D eigenvalue weighted by molar-refractivity contribution is 0.0716. The molecule has 1 aliphatic heterocycles. The molecule has 0 spiro atoms. The number of hydrogen-bond acceptors (Lipinski definition) is 2. The molecule has 5 rings (SSSR count). The number of amides is 1. The van der Waals surface area contributed by atoms with Crippen LogP contribution < -0.4 is 0 Å². The predicted molar refractivity (Wildman–Crippen MR) is 117 cm³/mol. The van der Waals surface area contributed by atoms with Crippen molar-refractivity contribution in [2.75, 3.05) is 0 Å². The van der Waals surface area contributed by atoms with Crippen molar-refractivity contribution >= 4 is 28.4 Å². The minimum atomic E-state index is -0.124. The molecule has 4 aromatic rings. The predicted octanol–water partition coefficient (Wildman–Crippen LogP) is 6.27. The Labute approximate surface area is 174 Å². The summed E-state index contributed by atoms with van der Waals surface area (Å²) >= 11 is 6.43. The van der Waals surface area contributed by atoms with E-state index < -0.39 is 0 Å². The first-order valence-corrected chi connectivity index (χ1v) is 10.0. The van der Waals surface area contributed by atoms with Gasteiger partial charge in [-0.05, 0) is 30.7 Å². The van der Waals surface area contributed by atoms with Gasteiger partial charge in [-0.1, -0.05) is 72.3 Å². The molecule has 142 valence electrons. The second-order valence-corrected chi connectivity index (χ2v) is 7.78. The lowest BCUT2D eigenvalue weighted by atomic mass is 9.97. The van der Waals surface area contributed by atoms with Gasteiger partial charge in [0, 0.05) is 28.6 Å². The van der Waals surface area contributed by atoms with Gasteiger partial charge in [0.05, 0.1) is 22.3 Å². The van der Waals surface area contributed by atoms with Crippen LogP contribution in [0.5, 0.6) is 0 Å². The molecule has 0 bridgehead atoms. The number of aromatic nitrogens is 1. The Hall–Kier alpha value is -3.17. The van der Waals surface area contributed by atoms with Gasteiger partial charge in [0.15, 0.2) is 0 Å². The molecular weight excluding hydrogens is 380 g/mol.